The molecular formula is C12H12N4O5S2. The summed E-state index contributed by atoms with van der Waals surface area (Å²) in [7, 11) is 0. The van der Waals surface area contributed by atoms with Gasteiger partial charge in [-0.25, -0.2) is 9.78 Å². The van der Waals surface area contributed by atoms with E-state index < -0.39 is 35.4 Å². The van der Waals surface area contributed by atoms with Gasteiger partial charge in [-0.15, -0.1) is 23.1 Å². The molecule has 4 N–H and O–H groups in total. The molecule has 23 heavy (non-hydrogen) atoms. The van der Waals surface area contributed by atoms with Gasteiger partial charge in [-0.2, -0.15) is 0 Å². The molecule has 0 aliphatic carbocycles. The van der Waals surface area contributed by atoms with E-state index in [4.69, 9.17) is 10.8 Å². The number of carbonyl (C=O) groups excluding carboxylic acids is 2. The number of hydrogen-bond acceptors (Lipinski definition) is 8. The fraction of sp³-hybridized carbons (Fsp3) is 0.333. The van der Waals surface area contributed by atoms with Crippen LogP contribution in [0.5, 0.6) is 0 Å². The van der Waals surface area contributed by atoms with E-state index in [0.717, 1.165) is 0 Å². The van der Waals surface area contributed by atoms with Crippen LogP contribution in [0.1, 0.15) is 11.0 Å². The van der Waals surface area contributed by atoms with Gasteiger partial charge in [0, 0.05) is 17.3 Å². The number of amides is 2. The van der Waals surface area contributed by atoms with E-state index in [0.29, 0.717) is 10.8 Å². The van der Waals surface area contributed by atoms with Crippen molar-refractivity contribution in [3.8, 4) is 0 Å². The molecule has 1 saturated heterocycles. The molecule has 122 valence electrons. The molecule has 2 amide bonds. The summed E-state index contributed by atoms with van der Waals surface area (Å²) in [6, 6.07) is -1.71. The monoisotopic (exact) mass is 356 g/mol. The zero-order chi connectivity index (χ0) is 16.6. The molecule has 0 bridgehead atoms. The molecule has 2 aliphatic heterocycles. The van der Waals surface area contributed by atoms with Crippen LogP contribution >= 0.6 is 23.1 Å². The molecule has 1 unspecified atom stereocenters. The van der Waals surface area contributed by atoms with Gasteiger partial charge in [-0.05, 0) is 6.08 Å². The number of nitrogens with two attached hydrogens (primary N) is 1. The van der Waals surface area contributed by atoms with Gasteiger partial charge in [0.2, 0.25) is 11.8 Å². The van der Waals surface area contributed by atoms with Crippen molar-refractivity contribution >= 4 is 41.1 Å². The van der Waals surface area contributed by atoms with Crippen molar-refractivity contribution in [3.05, 3.63) is 28.5 Å². The third-order valence-electron chi connectivity index (χ3n) is 3.30. The minimum atomic E-state index is -1.49. The van der Waals surface area contributed by atoms with Gasteiger partial charge in [-0.3, -0.25) is 14.5 Å². The second kappa shape index (κ2) is 6.18. The van der Waals surface area contributed by atoms with Gasteiger partial charge in [0.15, 0.2) is 0 Å². The summed E-state index contributed by atoms with van der Waals surface area (Å²) in [6.45, 7) is 0. The maximum absolute atomic E-state index is 12.2. The van der Waals surface area contributed by atoms with Gasteiger partial charge in [0.1, 0.15) is 22.5 Å². The molecule has 1 fully saturated rings. The second-order valence-corrected chi connectivity index (χ2v) is 6.75. The summed E-state index contributed by atoms with van der Waals surface area (Å²) < 4.78 is 4.58. The molecule has 3 rings (SSSR count). The van der Waals surface area contributed by atoms with Crippen LogP contribution < -0.4 is 11.1 Å². The number of rotatable bonds is 4. The maximum atomic E-state index is 12.2. The predicted molar refractivity (Wildman–Crippen MR) is 81.3 cm³/mol. The number of carboxylic acid groups (broad SMARTS) is 1. The highest BCUT2D eigenvalue weighted by Gasteiger charge is 2.53. The van der Waals surface area contributed by atoms with Crippen LogP contribution in [0.2, 0.25) is 0 Å². The SMILES string of the molecule is NC(C(=O)N[C@@H]1C(=O)N2C(OC(=O)O)=CCS[C@@H]12)c1nccs1. The Morgan fingerprint density at radius 3 is 3.00 bits per heavy atom. The molecule has 2 aliphatic rings. The highest BCUT2D eigenvalue weighted by Crippen LogP contribution is 2.37. The molecule has 1 aromatic rings. The van der Waals surface area contributed by atoms with E-state index in [1.54, 1.807) is 11.6 Å². The molecule has 1 aromatic heterocycles. The Morgan fingerprint density at radius 1 is 1.57 bits per heavy atom. The fourth-order valence-corrected chi connectivity index (χ4v) is 4.05. The van der Waals surface area contributed by atoms with E-state index >= 15 is 0 Å². The normalized spacial score (nSPS) is 24.1. The quantitative estimate of drug-likeness (QED) is 0.510. The first-order valence-electron chi connectivity index (χ1n) is 6.50. The molecule has 9 nitrogen and oxygen atoms in total. The van der Waals surface area contributed by atoms with Gasteiger partial charge in [-0.1, -0.05) is 0 Å². The van der Waals surface area contributed by atoms with Gasteiger partial charge in [0.05, 0.1) is 0 Å². The van der Waals surface area contributed by atoms with Crippen molar-refractivity contribution in [3.63, 3.8) is 0 Å². The number of fused-ring (bicyclic) bond motifs is 1. The highest BCUT2D eigenvalue weighted by molar-refractivity contribution is 8.00. The van der Waals surface area contributed by atoms with Crippen LogP contribution in [0.25, 0.3) is 0 Å². The number of β-lactam (4-membered cyclic amide) rings is 1. The van der Waals surface area contributed by atoms with Crippen molar-refractivity contribution < 1.29 is 24.2 Å². The molecule has 3 heterocycles. The van der Waals surface area contributed by atoms with Crippen molar-refractivity contribution in [2.24, 2.45) is 5.73 Å². The minimum absolute atomic E-state index is 0.0269. The Kier molecular flexibility index (Phi) is 4.24. The number of carbonyl (C=O) groups is 3. The number of hydrogen-bond donors (Lipinski definition) is 3. The molecule has 0 radical (unpaired) electrons. The van der Waals surface area contributed by atoms with Gasteiger partial charge in [0.25, 0.3) is 5.91 Å². The van der Waals surface area contributed by atoms with Crippen molar-refractivity contribution in [2.75, 3.05) is 5.75 Å². The topological polar surface area (TPSA) is 135 Å². The zero-order valence-electron chi connectivity index (χ0n) is 11.5. The maximum Gasteiger partial charge on any atom is 0.512 e. The lowest BCUT2D eigenvalue weighted by molar-refractivity contribution is -0.149. The van der Waals surface area contributed by atoms with Crippen molar-refractivity contribution in [2.45, 2.75) is 17.5 Å². The van der Waals surface area contributed by atoms with Crippen LogP contribution in [-0.4, -0.2) is 50.1 Å². The number of nitrogens with zero attached hydrogens (tertiary/aromatic N) is 2. The predicted octanol–water partition coefficient (Wildman–Crippen LogP) is 0.0788. The van der Waals surface area contributed by atoms with Crippen LogP contribution in [0.15, 0.2) is 23.5 Å². The summed E-state index contributed by atoms with van der Waals surface area (Å²) in [5.74, 6) is -0.494. The van der Waals surface area contributed by atoms with E-state index in [-0.39, 0.29) is 5.88 Å². The average molecular weight is 356 g/mol. The molecule has 0 saturated carbocycles. The van der Waals surface area contributed by atoms with E-state index in [2.05, 4.69) is 15.0 Å². The van der Waals surface area contributed by atoms with Gasteiger partial charge >= 0.3 is 6.16 Å². The highest BCUT2D eigenvalue weighted by atomic mass is 32.2. The number of nitrogens with one attached hydrogen (secondary N) is 1. The molecule has 3 atom stereocenters. The molecule has 0 aromatic carbocycles. The number of thiazole rings is 1. The zero-order valence-corrected chi connectivity index (χ0v) is 13.2. The Morgan fingerprint density at radius 2 is 2.35 bits per heavy atom. The van der Waals surface area contributed by atoms with E-state index in [9.17, 15) is 14.4 Å². The van der Waals surface area contributed by atoms with Crippen molar-refractivity contribution in [1.29, 1.82) is 0 Å². The van der Waals surface area contributed by atoms with E-state index in [1.807, 2.05) is 0 Å². The Bertz CT molecular complexity index is 677. The van der Waals surface area contributed by atoms with Crippen LogP contribution in [0.3, 0.4) is 0 Å². The number of ether oxygens (including phenoxy) is 1. The lowest BCUT2D eigenvalue weighted by atomic mass is 10.1. The van der Waals surface area contributed by atoms with Crippen LogP contribution in [-0.2, 0) is 14.3 Å². The van der Waals surface area contributed by atoms with Crippen LogP contribution in [0.4, 0.5) is 4.79 Å². The third-order valence-corrected chi connectivity index (χ3v) is 5.34. The Hall–Kier alpha value is -2.11. The summed E-state index contributed by atoms with van der Waals surface area (Å²) in [5.41, 5.74) is 5.81. The first-order valence-corrected chi connectivity index (χ1v) is 8.43. The molecular weight excluding hydrogens is 344 g/mol. The number of thioether (sulfide) groups is 1. The Balaban J connectivity index is 1.65. The largest absolute Gasteiger partial charge is 0.512 e. The molecule has 11 heteroatoms. The lowest BCUT2D eigenvalue weighted by Gasteiger charge is -2.48. The second-order valence-electron chi connectivity index (χ2n) is 4.68. The minimum Gasteiger partial charge on any atom is -0.449 e. The standard InChI is InChI=1S/C12H12N4O5S2/c13-6(9-14-2-4-22-9)8(17)15-7-10(18)16-5(21-12(19)20)1-3-23-11(7)16/h1-2,4,6-7,11H,3,13H2,(H,15,17)(H,19,20)/t6?,7-,11+/m1/s1. The first kappa shape index (κ1) is 15.8. The molecule has 0 spiro atoms. The summed E-state index contributed by atoms with van der Waals surface area (Å²) in [4.78, 5) is 40.1. The number of aromatic nitrogens is 1. The Labute approximate surface area is 138 Å². The fourth-order valence-electron chi connectivity index (χ4n) is 2.24. The smallest absolute Gasteiger partial charge is 0.449 e. The van der Waals surface area contributed by atoms with Crippen LogP contribution in [0, 0.1) is 0 Å². The van der Waals surface area contributed by atoms with Crippen molar-refractivity contribution in [1.82, 2.24) is 15.2 Å². The average Bonchev–Trinajstić information content (AvgIpc) is 3.04. The van der Waals surface area contributed by atoms with E-state index in [1.165, 1.54) is 34.1 Å². The lowest BCUT2D eigenvalue weighted by Crippen LogP contribution is -2.70. The summed E-state index contributed by atoms with van der Waals surface area (Å²) >= 11 is 2.65. The summed E-state index contributed by atoms with van der Waals surface area (Å²) in [6.07, 6.45) is 1.56. The summed E-state index contributed by atoms with van der Waals surface area (Å²) in [5, 5.41) is 13.0. The van der Waals surface area contributed by atoms with Gasteiger partial charge < -0.3 is 20.9 Å². The first-order chi connectivity index (χ1) is 11.0. The third kappa shape index (κ3) is 2.90.